The Bertz CT molecular complexity index is 1040. The molecule has 0 saturated heterocycles. The molecule has 0 aliphatic carbocycles. The molecule has 0 aromatic heterocycles. The Morgan fingerprint density at radius 1 is 0.784 bits per heavy atom. The summed E-state index contributed by atoms with van der Waals surface area (Å²) < 4.78 is 21.1. The van der Waals surface area contributed by atoms with Gasteiger partial charge in [-0.2, -0.15) is 0 Å². The van der Waals surface area contributed by atoms with Gasteiger partial charge in [0.2, 0.25) is 0 Å². The van der Waals surface area contributed by atoms with Crippen molar-refractivity contribution in [1.82, 2.24) is 4.90 Å². The molecule has 0 atom stereocenters. The van der Waals surface area contributed by atoms with Gasteiger partial charge in [0, 0.05) is 0 Å². The van der Waals surface area contributed by atoms with E-state index >= 15 is 0 Å². The average molecular weight is 608 g/mol. The molecule has 3 heteroatoms. The first-order valence-electron chi connectivity index (χ1n) is 14.7. The molecule has 3 rings (SSSR count). The molecule has 1 heterocycles. The predicted octanol–water partition coefficient (Wildman–Crippen LogP) is 10.3. The van der Waals surface area contributed by atoms with E-state index < -0.39 is 18.4 Å². The fourth-order valence-corrected chi connectivity index (χ4v) is 20.1. The third-order valence-corrected chi connectivity index (χ3v) is 22.1. The fraction of sp³-hybridized carbons (Fsp3) is 0.471. The number of rotatable bonds is 14. The van der Waals surface area contributed by atoms with Crippen LogP contribution in [0.3, 0.4) is 0 Å². The van der Waals surface area contributed by atoms with E-state index in [2.05, 4.69) is 80.0 Å². The second-order valence-electron chi connectivity index (χ2n) is 10.8. The molecule has 1 nitrogen and oxygen atoms in total. The van der Waals surface area contributed by atoms with E-state index in [-0.39, 0.29) is 5.82 Å². The number of likely N-dealkylation sites (N-methyl/N-ethyl adjacent to an activating group) is 1. The second-order valence-corrected chi connectivity index (χ2v) is 23.8. The van der Waals surface area contributed by atoms with Crippen molar-refractivity contribution in [3.63, 3.8) is 0 Å². The minimum atomic E-state index is -2.44. The van der Waals surface area contributed by atoms with Crippen LogP contribution in [0.25, 0.3) is 11.3 Å². The Morgan fingerprint density at radius 3 is 1.86 bits per heavy atom. The zero-order valence-electron chi connectivity index (χ0n) is 24.0. The zero-order chi connectivity index (χ0) is 26.7. The van der Waals surface area contributed by atoms with E-state index in [4.69, 9.17) is 0 Å². The summed E-state index contributed by atoms with van der Waals surface area (Å²) in [7, 11) is 0. The number of benzene rings is 2. The van der Waals surface area contributed by atoms with Crippen molar-refractivity contribution < 1.29 is 4.39 Å². The van der Waals surface area contributed by atoms with E-state index in [0.29, 0.717) is 0 Å². The van der Waals surface area contributed by atoms with Gasteiger partial charge in [-0.1, -0.05) is 0 Å². The third-order valence-electron chi connectivity index (χ3n) is 8.01. The first-order valence-corrected chi connectivity index (χ1v) is 22.4. The summed E-state index contributed by atoms with van der Waals surface area (Å²) in [6.07, 6.45) is 10.5. The summed E-state index contributed by atoms with van der Waals surface area (Å²) in [5.41, 5.74) is 7.67. The van der Waals surface area contributed by atoms with Crippen LogP contribution in [-0.2, 0) is 0 Å². The van der Waals surface area contributed by atoms with Gasteiger partial charge in [0.1, 0.15) is 0 Å². The summed E-state index contributed by atoms with van der Waals surface area (Å²) >= 11 is -2.44. The Morgan fingerprint density at radius 2 is 1.35 bits per heavy atom. The Balaban J connectivity index is 2.18. The molecule has 1 aliphatic rings. The molecule has 0 amide bonds. The van der Waals surface area contributed by atoms with E-state index in [1.54, 1.807) is 12.1 Å². The third kappa shape index (κ3) is 7.85. The van der Waals surface area contributed by atoms with Crippen molar-refractivity contribution in [3.8, 4) is 0 Å². The topological polar surface area (TPSA) is 3.24 Å². The predicted molar refractivity (Wildman–Crippen MR) is 164 cm³/mol. The fourth-order valence-electron chi connectivity index (χ4n) is 5.87. The number of allylic oxidation sites excluding steroid dienone is 2. The molecular weight excluding hydrogens is 560 g/mol. The zero-order valence-corrected chi connectivity index (χ0v) is 26.8. The molecule has 1 aliphatic heterocycles. The summed E-state index contributed by atoms with van der Waals surface area (Å²) in [6, 6.07) is 17.9. The van der Waals surface area contributed by atoms with Gasteiger partial charge in [-0.05, 0) is 0 Å². The quantitative estimate of drug-likeness (QED) is 0.193. The average Bonchev–Trinajstić information content (AvgIpc) is 2.93. The van der Waals surface area contributed by atoms with Crippen LogP contribution in [0.5, 0.6) is 0 Å². The van der Waals surface area contributed by atoms with Crippen molar-refractivity contribution in [3.05, 3.63) is 92.9 Å². The van der Waals surface area contributed by atoms with Gasteiger partial charge < -0.3 is 0 Å². The van der Waals surface area contributed by atoms with Crippen LogP contribution in [0.4, 0.5) is 4.39 Å². The molecule has 0 unspecified atom stereocenters. The molecule has 0 saturated carbocycles. The van der Waals surface area contributed by atoms with Gasteiger partial charge in [0.25, 0.3) is 0 Å². The first kappa shape index (κ1) is 29.7. The number of halogens is 1. The summed E-state index contributed by atoms with van der Waals surface area (Å²) in [5, 5.41) is 0. The summed E-state index contributed by atoms with van der Waals surface area (Å²) in [4.78, 5) is 2.53. The van der Waals surface area contributed by atoms with Gasteiger partial charge in [-0.3, -0.25) is 0 Å². The van der Waals surface area contributed by atoms with Crippen LogP contribution in [0, 0.1) is 5.82 Å². The molecule has 0 spiro atoms. The van der Waals surface area contributed by atoms with Gasteiger partial charge in [0.05, 0.1) is 0 Å². The second kappa shape index (κ2) is 15.0. The normalized spacial score (nSPS) is 14.8. The Kier molecular flexibility index (Phi) is 12.0. The van der Waals surface area contributed by atoms with Crippen molar-refractivity contribution in [2.24, 2.45) is 0 Å². The molecule has 200 valence electrons. The monoisotopic (exact) mass is 609 g/mol. The van der Waals surface area contributed by atoms with Crippen molar-refractivity contribution in [2.45, 2.75) is 86.5 Å². The van der Waals surface area contributed by atoms with E-state index in [1.807, 2.05) is 12.1 Å². The van der Waals surface area contributed by atoms with Gasteiger partial charge in [0.15, 0.2) is 0 Å². The summed E-state index contributed by atoms with van der Waals surface area (Å²) in [5.74, 6) is -0.175. The van der Waals surface area contributed by atoms with Crippen LogP contribution >= 0.6 is 0 Å². The molecule has 2 aromatic rings. The van der Waals surface area contributed by atoms with E-state index in [0.717, 1.165) is 18.7 Å². The van der Waals surface area contributed by atoms with Gasteiger partial charge in [-0.25, -0.2) is 0 Å². The molecule has 2 aromatic carbocycles. The molecule has 0 N–H and O–H groups in total. The van der Waals surface area contributed by atoms with E-state index in [9.17, 15) is 4.39 Å². The van der Waals surface area contributed by atoms with Gasteiger partial charge >= 0.3 is 231 Å². The maximum atomic E-state index is 13.9. The number of hydrogen-bond donors (Lipinski definition) is 0. The summed E-state index contributed by atoms with van der Waals surface area (Å²) in [6.45, 7) is 13.4. The van der Waals surface area contributed by atoms with Crippen molar-refractivity contribution in [2.75, 3.05) is 13.1 Å². The first-order chi connectivity index (χ1) is 18.0. The number of nitrogens with zero attached hydrogens (tertiary/aromatic N) is 1. The van der Waals surface area contributed by atoms with Gasteiger partial charge in [-0.15, -0.1) is 0 Å². The standard InChI is InChI=1S/C22H21FN.3C4H9.Sn/c1-4-17-15-24(5-2)22(19-9-7-6-8-10-19)16(3)21(17)18-11-13-20(23)14-12-18;3*1-3-4-2;/h1,4,6-14H,5,15H2,2-3H3;3*1,3-4H2,2H3;. The number of hydrogen-bond acceptors (Lipinski definition) is 1. The Labute approximate surface area is 230 Å². The Hall–Kier alpha value is -1.81. The SMILES string of the molecule is CCC[CH2][Sn](/[CH]=C/C1=C(c2ccc(F)cc2)C(C)=C(c2ccccc2)N(CC)C1)([CH2]CCC)[CH2]CCC. The van der Waals surface area contributed by atoms with Crippen LogP contribution in [0.2, 0.25) is 13.3 Å². The van der Waals surface area contributed by atoms with Crippen molar-refractivity contribution >= 4 is 29.6 Å². The van der Waals surface area contributed by atoms with E-state index in [1.165, 1.54) is 79.8 Å². The van der Waals surface area contributed by atoms with Crippen LogP contribution in [-0.4, -0.2) is 36.4 Å². The minimum absolute atomic E-state index is 0.175. The molecule has 0 fully saturated rings. The van der Waals surface area contributed by atoms with Crippen LogP contribution in [0.15, 0.2) is 75.9 Å². The van der Waals surface area contributed by atoms with Crippen molar-refractivity contribution in [1.29, 1.82) is 0 Å². The molecule has 0 radical (unpaired) electrons. The maximum absolute atomic E-state index is 13.9. The molecule has 37 heavy (non-hydrogen) atoms. The molecular formula is C34H48FNSn. The van der Waals surface area contributed by atoms with Crippen LogP contribution < -0.4 is 0 Å². The number of unbranched alkanes of at least 4 members (excludes halogenated alkanes) is 3. The van der Waals surface area contributed by atoms with Crippen LogP contribution in [0.1, 0.15) is 84.3 Å². The molecule has 0 bridgehead atoms.